The van der Waals surface area contributed by atoms with Gasteiger partial charge in [0.1, 0.15) is 5.76 Å². The minimum Gasteiger partial charge on any atom is -0.451 e. The summed E-state index contributed by atoms with van der Waals surface area (Å²) < 4.78 is 5.64. The molecule has 0 atom stereocenters. The molecule has 146 valence electrons. The Kier molecular flexibility index (Phi) is 5.18. The molecule has 4 rings (SSSR count). The number of furan rings is 1. The predicted molar refractivity (Wildman–Crippen MR) is 108 cm³/mol. The molecule has 3 aromatic rings. The van der Waals surface area contributed by atoms with E-state index < -0.39 is 0 Å². The van der Waals surface area contributed by atoms with E-state index in [9.17, 15) is 14.4 Å². The molecule has 0 aliphatic carbocycles. The molecule has 1 saturated heterocycles. The highest BCUT2D eigenvalue weighted by Gasteiger charge is 2.28. The SMILES string of the molecule is O=C(Nc1ccc(CN2C(=O)CCC2=O)cc1)c1ccc(-c2ccccc2Cl)o1. The van der Waals surface area contributed by atoms with E-state index in [1.165, 1.54) is 4.90 Å². The number of benzene rings is 2. The number of nitrogens with zero attached hydrogens (tertiary/aromatic N) is 1. The van der Waals surface area contributed by atoms with Crippen molar-refractivity contribution in [3.05, 3.63) is 77.0 Å². The molecule has 2 heterocycles. The lowest BCUT2D eigenvalue weighted by Crippen LogP contribution is -2.28. The maximum absolute atomic E-state index is 12.5. The second-order valence-corrected chi connectivity index (χ2v) is 7.08. The standard InChI is InChI=1S/C22H17ClN2O4/c23-17-4-2-1-3-16(17)18-9-10-19(29-18)22(28)24-15-7-5-14(6-8-15)13-25-20(26)11-12-21(25)27/h1-10H,11-13H2,(H,24,28). The number of anilines is 1. The van der Waals surface area contributed by atoms with E-state index >= 15 is 0 Å². The Balaban J connectivity index is 1.42. The second-order valence-electron chi connectivity index (χ2n) is 6.67. The number of rotatable bonds is 5. The first kappa shape index (κ1) is 19.0. The van der Waals surface area contributed by atoms with E-state index in [2.05, 4.69) is 5.32 Å². The maximum atomic E-state index is 12.5. The highest BCUT2D eigenvalue weighted by atomic mass is 35.5. The number of carbonyl (C=O) groups is 3. The van der Waals surface area contributed by atoms with Gasteiger partial charge in [-0.05, 0) is 42.0 Å². The van der Waals surface area contributed by atoms with Crippen LogP contribution in [-0.2, 0) is 16.1 Å². The van der Waals surface area contributed by atoms with Crippen LogP contribution in [0.2, 0.25) is 5.02 Å². The van der Waals surface area contributed by atoms with Gasteiger partial charge in [-0.2, -0.15) is 0 Å². The summed E-state index contributed by atoms with van der Waals surface area (Å²) in [5, 5.41) is 3.30. The lowest BCUT2D eigenvalue weighted by atomic mass is 10.2. The van der Waals surface area contributed by atoms with Crippen molar-refractivity contribution in [2.75, 3.05) is 5.32 Å². The molecule has 0 unspecified atom stereocenters. The van der Waals surface area contributed by atoms with Gasteiger partial charge in [-0.15, -0.1) is 0 Å². The quantitative estimate of drug-likeness (QED) is 0.630. The molecule has 0 saturated carbocycles. The van der Waals surface area contributed by atoms with Crippen LogP contribution in [0, 0.1) is 0 Å². The fourth-order valence-electron chi connectivity index (χ4n) is 3.13. The van der Waals surface area contributed by atoms with Gasteiger partial charge in [-0.25, -0.2) is 0 Å². The topological polar surface area (TPSA) is 79.6 Å². The number of hydrogen-bond acceptors (Lipinski definition) is 4. The maximum Gasteiger partial charge on any atom is 0.291 e. The van der Waals surface area contributed by atoms with E-state index in [1.54, 1.807) is 42.5 Å². The van der Waals surface area contributed by atoms with Gasteiger partial charge in [0.05, 0.1) is 11.6 Å². The first-order valence-corrected chi connectivity index (χ1v) is 9.47. The van der Waals surface area contributed by atoms with Gasteiger partial charge in [0.25, 0.3) is 5.91 Å². The normalized spacial score (nSPS) is 13.8. The van der Waals surface area contributed by atoms with E-state index in [1.807, 2.05) is 18.2 Å². The summed E-state index contributed by atoms with van der Waals surface area (Å²) in [5.41, 5.74) is 2.10. The number of hydrogen-bond donors (Lipinski definition) is 1. The highest BCUT2D eigenvalue weighted by molar-refractivity contribution is 6.33. The zero-order valence-electron chi connectivity index (χ0n) is 15.4. The molecule has 1 aliphatic rings. The Morgan fingerprint density at radius 1 is 0.966 bits per heavy atom. The van der Waals surface area contributed by atoms with Crippen LogP contribution in [0.3, 0.4) is 0 Å². The third-order valence-electron chi connectivity index (χ3n) is 4.68. The van der Waals surface area contributed by atoms with Gasteiger partial charge in [0.2, 0.25) is 11.8 Å². The second kappa shape index (κ2) is 7.93. The third-order valence-corrected chi connectivity index (χ3v) is 5.01. The van der Waals surface area contributed by atoms with Crippen LogP contribution in [0.4, 0.5) is 5.69 Å². The van der Waals surface area contributed by atoms with Crippen molar-refractivity contribution in [3.8, 4) is 11.3 Å². The molecule has 0 spiro atoms. The van der Waals surface area contributed by atoms with Crippen molar-refractivity contribution < 1.29 is 18.8 Å². The van der Waals surface area contributed by atoms with E-state index in [-0.39, 0.29) is 42.9 Å². The van der Waals surface area contributed by atoms with Crippen LogP contribution in [0.25, 0.3) is 11.3 Å². The summed E-state index contributed by atoms with van der Waals surface area (Å²) >= 11 is 6.16. The number of carbonyl (C=O) groups excluding carboxylic acids is 3. The van der Waals surface area contributed by atoms with Crippen LogP contribution < -0.4 is 5.32 Å². The first-order chi connectivity index (χ1) is 14.0. The fourth-order valence-corrected chi connectivity index (χ4v) is 3.36. The van der Waals surface area contributed by atoms with Gasteiger partial charge in [0, 0.05) is 24.1 Å². The number of amides is 3. The average molecular weight is 409 g/mol. The van der Waals surface area contributed by atoms with Crippen molar-refractivity contribution in [2.45, 2.75) is 19.4 Å². The Morgan fingerprint density at radius 2 is 1.66 bits per heavy atom. The molecular weight excluding hydrogens is 392 g/mol. The van der Waals surface area contributed by atoms with Crippen LogP contribution in [0.15, 0.2) is 65.1 Å². The molecule has 7 heteroatoms. The number of likely N-dealkylation sites (tertiary alicyclic amines) is 1. The summed E-state index contributed by atoms with van der Waals surface area (Å²) in [6, 6.07) is 17.5. The molecule has 6 nitrogen and oxygen atoms in total. The molecule has 29 heavy (non-hydrogen) atoms. The molecule has 1 aromatic heterocycles. The van der Waals surface area contributed by atoms with E-state index in [0.29, 0.717) is 22.0 Å². The highest BCUT2D eigenvalue weighted by Crippen LogP contribution is 2.29. The zero-order valence-corrected chi connectivity index (χ0v) is 16.1. The van der Waals surface area contributed by atoms with Crippen LogP contribution in [-0.4, -0.2) is 22.6 Å². The lowest BCUT2D eigenvalue weighted by molar-refractivity contribution is -0.139. The molecule has 0 bridgehead atoms. The lowest BCUT2D eigenvalue weighted by Gasteiger charge is -2.14. The zero-order chi connectivity index (χ0) is 20.4. The molecule has 1 fully saturated rings. The monoisotopic (exact) mass is 408 g/mol. The summed E-state index contributed by atoms with van der Waals surface area (Å²) in [4.78, 5) is 37.1. The number of nitrogens with one attached hydrogen (secondary N) is 1. The minimum atomic E-state index is -0.388. The molecule has 3 amide bonds. The van der Waals surface area contributed by atoms with Gasteiger partial charge in [-0.3, -0.25) is 19.3 Å². The average Bonchev–Trinajstić information content (AvgIpc) is 3.32. The summed E-state index contributed by atoms with van der Waals surface area (Å²) in [5.74, 6) is -0.0201. The molecule has 1 aliphatic heterocycles. The largest absolute Gasteiger partial charge is 0.451 e. The van der Waals surface area contributed by atoms with Gasteiger partial charge in [0.15, 0.2) is 5.76 Å². The van der Waals surface area contributed by atoms with Crippen LogP contribution in [0.5, 0.6) is 0 Å². The van der Waals surface area contributed by atoms with Crippen molar-refractivity contribution in [3.63, 3.8) is 0 Å². The van der Waals surface area contributed by atoms with E-state index in [0.717, 1.165) is 5.56 Å². The summed E-state index contributed by atoms with van der Waals surface area (Å²) in [6.45, 7) is 0.241. The Morgan fingerprint density at radius 3 is 2.34 bits per heavy atom. The third kappa shape index (κ3) is 4.07. The first-order valence-electron chi connectivity index (χ1n) is 9.09. The Labute approximate surface area is 172 Å². The molecule has 1 N–H and O–H groups in total. The van der Waals surface area contributed by atoms with Crippen molar-refractivity contribution in [1.82, 2.24) is 4.90 Å². The Bertz CT molecular complexity index is 1070. The van der Waals surface area contributed by atoms with Crippen LogP contribution in [0.1, 0.15) is 29.0 Å². The van der Waals surface area contributed by atoms with Crippen molar-refractivity contribution >= 4 is 35.0 Å². The smallest absolute Gasteiger partial charge is 0.291 e. The number of imide groups is 1. The predicted octanol–water partition coefficient (Wildman–Crippen LogP) is 4.50. The van der Waals surface area contributed by atoms with E-state index in [4.69, 9.17) is 16.0 Å². The van der Waals surface area contributed by atoms with Gasteiger partial charge < -0.3 is 9.73 Å². The molecular formula is C22H17ClN2O4. The molecule has 0 radical (unpaired) electrons. The van der Waals surface area contributed by atoms with Gasteiger partial charge in [-0.1, -0.05) is 35.9 Å². The minimum absolute atomic E-state index is 0.153. The number of halogens is 1. The molecule has 2 aromatic carbocycles. The van der Waals surface area contributed by atoms with Crippen molar-refractivity contribution in [2.24, 2.45) is 0 Å². The Hall–Kier alpha value is -3.38. The summed E-state index contributed by atoms with van der Waals surface area (Å²) in [7, 11) is 0. The van der Waals surface area contributed by atoms with Crippen molar-refractivity contribution in [1.29, 1.82) is 0 Å². The fraction of sp³-hybridized carbons (Fsp3) is 0.136. The van der Waals surface area contributed by atoms with Crippen LogP contribution >= 0.6 is 11.6 Å². The summed E-state index contributed by atoms with van der Waals surface area (Å²) in [6.07, 6.45) is 0.540. The van der Waals surface area contributed by atoms with Gasteiger partial charge >= 0.3 is 0 Å².